The van der Waals surface area contributed by atoms with Gasteiger partial charge in [-0.15, -0.1) is 23.7 Å². The third-order valence-corrected chi connectivity index (χ3v) is 4.26. The molecule has 0 aromatic carbocycles. The molecule has 0 saturated carbocycles. The summed E-state index contributed by atoms with van der Waals surface area (Å²) in [5.41, 5.74) is 0. The summed E-state index contributed by atoms with van der Waals surface area (Å²) in [6, 6.07) is 2.19. The molecule has 0 bridgehead atoms. The number of nitrogens with zero attached hydrogens (tertiary/aromatic N) is 1. The van der Waals surface area contributed by atoms with Crippen LogP contribution in [0.15, 0.2) is 11.4 Å². The second-order valence-corrected chi connectivity index (χ2v) is 5.30. The van der Waals surface area contributed by atoms with Crippen molar-refractivity contribution in [1.29, 1.82) is 0 Å². The lowest BCUT2D eigenvalue weighted by molar-refractivity contribution is 0.0703. The summed E-state index contributed by atoms with van der Waals surface area (Å²) in [7, 11) is 1.94. The third kappa shape index (κ3) is 3.35. The summed E-state index contributed by atoms with van der Waals surface area (Å²) >= 11 is 7.39. The van der Waals surface area contributed by atoms with E-state index in [0.29, 0.717) is 15.9 Å². The highest BCUT2D eigenvalue weighted by atomic mass is 35.5. The molecule has 1 saturated heterocycles. The molecule has 1 aromatic rings. The summed E-state index contributed by atoms with van der Waals surface area (Å²) in [5.74, 6) is 0.0694. The van der Waals surface area contributed by atoms with Crippen LogP contribution in [0.25, 0.3) is 0 Å². The molecule has 0 radical (unpaired) electrons. The number of hydrogen-bond acceptors (Lipinski definition) is 3. The predicted octanol–water partition coefficient (Wildman–Crippen LogP) is 2.65. The highest BCUT2D eigenvalue weighted by Gasteiger charge is 2.25. The first-order valence-corrected chi connectivity index (χ1v) is 6.67. The van der Waals surface area contributed by atoms with Gasteiger partial charge in [0.1, 0.15) is 4.88 Å². The van der Waals surface area contributed by atoms with Crippen molar-refractivity contribution >= 4 is 41.3 Å². The molecule has 96 valence electrons. The van der Waals surface area contributed by atoms with Crippen LogP contribution in [0.3, 0.4) is 0 Å². The van der Waals surface area contributed by atoms with Crippen LogP contribution in [0.2, 0.25) is 5.02 Å². The van der Waals surface area contributed by atoms with Crippen LogP contribution in [0.5, 0.6) is 0 Å². The number of piperidine rings is 1. The van der Waals surface area contributed by atoms with Gasteiger partial charge in [-0.1, -0.05) is 11.6 Å². The van der Waals surface area contributed by atoms with E-state index >= 15 is 0 Å². The molecule has 1 aromatic heterocycles. The smallest absolute Gasteiger partial charge is 0.265 e. The SMILES string of the molecule is CNC1CCCN(C(=O)c2sccc2Cl)C1.Cl. The first-order chi connectivity index (χ1) is 7.72. The molecule has 1 atom stereocenters. The number of halogens is 2. The van der Waals surface area contributed by atoms with Gasteiger partial charge in [0.15, 0.2) is 0 Å². The Kier molecular flexibility index (Phi) is 5.73. The van der Waals surface area contributed by atoms with Crippen molar-refractivity contribution in [2.45, 2.75) is 18.9 Å². The lowest BCUT2D eigenvalue weighted by Crippen LogP contribution is -2.46. The average molecular weight is 295 g/mol. The second-order valence-electron chi connectivity index (χ2n) is 3.98. The minimum Gasteiger partial charge on any atom is -0.336 e. The quantitative estimate of drug-likeness (QED) is 0.909. The fourth-order valence-corrected chi connectivity index (χ4v) is 3.09. The van der Waals surface area contributed by atoms with Crippen molar-refractivity contribution in [3.63, 3.8) is 0 Å². The Bertz CT molecular complexity index is 383. The summed E-state index contributed by atoms with van der Waals surface area (Å²) in [4.78, 5) is 14.7. The fourth-order valence-electron chi connectivity index (χ4n) is 1.99. The highest BCUT2D eigenvalue weighted by molar-refractivity contribution is 7.12. The van der Waals surface area contributed by atoms with Crippen LogP contribution in [-0.2, 0) is 0 Å². The van der Waals surface area contributed by atoms with Crippen molar-refractivity contribution in [2.24, 2.45) is 0 Å². The number of likely N-dealkylation sites (tertiary alicyclic amines) is 1. The number of rotatable bonds is 2. The number of likely N-dealkylation sites (N-methyl/N-ethyl adjacent to an activating group) is 1. The molecule has 0 aliphatic carbocycles. The van der Waals surface area contributed by atoms with E-state index in [-0.39, 0.29) is 18.3 Å². The first-order valence-electron chi connectivity index (χ1n) is 5.42. The second kappa shape index (κ2) is 6.59. The molecule has 1 aliphatic rings. The van der Waals surface area contributed by atoms with Crippen molar-refractivity contribution in [3.05, 3.63) is 21.3 Å². The van der Waals surface area contributed by atoms with Crippen LogP contribution in [-0.4, -0.2) is 37.0 Å². The molecular formula is C11H16Cl2N2OS. The number of thiophene rings is 1. The zero-order chi connectivity index (χ0) is 11.5. The number of carbonyl (C=O) groups is 1. The van der Waals surface area contributed by atoms with Gasteiger partial charge in [-0.2, -0.15) is 0 Å². The van der Waals surface area contributed by atoms with Gasteiger partial charge in [-0.3, -0.25) is 4.79 Å². The number of hydrogen-bond donors (Lipinski definition) is 1. The number of nitrogens with one attached hydrogen (secondary N) is 1. The van der Waals surface area contributed by atoms with Crippen LogP contribution in [0, 0.1) is 0 Å². The van der Waals surface area contributed by atoms with Crippen molar-refractivity contribution in [2.75, 3.05) is 20.1 Å². The molecule has 2 rings (SSSR count). The zero-order valence-corrected chi connectivity index (χ0v) is 12.0. The molecule has 0 spiro atoms. The van der Waals surface area contributed by atoms with E-state index in [4.69, 9.17) is 11.6 Å². The molecule has 1 unspecified atom stereocenters. The van der Waals surface area contributed by atoms with E-state index in [1.54, 1.807) is 6.07 Å². The van der Waals surface area contributed by atoms with Crippen LogP contribution in [0.1, 0.15) is 22.5 Å². The first kappa shape index (κ1) is 14.8. The van der Waals surface area contributed by atoms with Crippen molar-refractivity contribution < 1.29 is 4.79 Å². The van der Waals surface area contributed by atoms with Crippen LogP contribution in [0.4, 0.5) is 0 Å². The highest BCUT2D eigenvalue weighted by Crippen LogP contribution is 2.24. The maximum atomic E-state index is 12.2. The normalized spacial score (nSPS) is 19.9. The Balaban J connectivity index is 0.00000144. The maximum Gasteiger partial charge on any atom is 0.265 e. The van der Waals surface area contributed by atoms with E-state index in [2.05, 4.69) is 5.32 Å². The van der Waals surface area contributed by atoms with E-state index in [9.17, 15) is 4.79 Å². The Hall–Kier alpha value is -0.290. The summed E-state index contributed by atoms with van der Waals surface area (Å²) < 4.78 is 0. The topological polar surface area (TPSA) is 32.3 Å². The van der Waals surface area contributed by atoms with E-state index in [0.717, 1.165) is 25.9 Å². The zero-order valence-electron chi connectivity index (χ0n) is 9.61. The van der Waals surface area contributed by atoms with E-state index in [1.807, 2.05) is 17.3 Å². The Morgan fingerprint density at radius 3 is 3.00 bits per heavy atom. The lowest BCUT2D eigenvalue weighted by Gasteiger charge is -2.32. The molecule has 1 fully saturated rings. The van der Waals surface area contributed by atoms with Crippen LogP contribution >= 0.6 is 35.3 Å². The van der Waals surface area contributed by atoms with Gasteiger partial charge in [-0.25, -0.2) is 0 Å². The minimum atomic E-state index is 0. The monoisotopic (exact) mass is 294 g/mol. The van der Waals surface area contributed by atoms with Gasteiger partial charge in [0.25, 0.3) is 5.91 Å². The summed E-state index contributed by atoms with van der Waals surface area (Å²) in [6.07, 6.45) is 2.19. The van der Waals surface area contributed by atoms with Gasteiger partial charge < -0.3 is 10.2 Å². The summed E-state index contributed by atoms with van der Waals surface area (Å²) in [6.45, 7) is 1.62. The van der Waals surface area contributed by atoms with Crippen molar-refractivity contribution in [3.8, 4) is 0 Å². The minimum absolute atomic E-state index is 0. The number of amides is 1. The van der Waals surface area contributed by atoms with Gasteiger partial charge in [0.05, 0.1) is 5.02 Å². The Morgan fingerprint density at radius 2 is 2.41 bits per heavy atom. The molecule has 1 N–H and O–H groups in total. The largest absolute Gasteiger partial charge is 0.336 e. The standard InChI is InChI=1S/C11H15ClN2OS.ClH/c1-13-8-3-2-5-14(7-8)11(15)10-9(12)4-6-16-10;/h4,6,8,13H,2-3,5,7H2,1H3;1H. The predicted molar refractivity (Wildman–Crippen MR) is 74.6 cm³/mol. The number of carbonyl (C=O) groups excluding carboxylic acids is 1. The fraction of sp³-hybridized carbons (Fsp3) is 0.545. The average Bonchev–Trinajstić information content (AvgIpc) is 2.74. The van der Waals surface area contributed by atoms with E-state index in [1.165, 1.54) is 11.3 Å². The Labute approximate surface area is 117 Å². The molecule has 6 heteroatoms. The van der Waals surface area contributed by atoms with Gasteiger partial charge >= 0.3 is 0 Å². The van der Waals surface area contributed by atoms with Gasteiger partial charge in [-0.05, 0) is 31.3 Å². The van der Waals surface area contributed by atoms with Gasteiger partial charge in [0, 0.05) is 19.1 Å². The molecule has 2 heterocycles. The summed E-state index contributed by atoms with van der Waals surface area (Å²) in [5, 5.41) is 5.65. The molecule has 3 nitrogen and oxygen atoms in total. The maximum absolute atomic E-state index is 12.2. The molecular weight excluding hydrogens is 279 g/mol. The third-order valence-electron chi connectivity index (χ3n) is 2.93. The molecule has 1 amide bonds. The molecule has 17 heavy (non-hydrogen) atoms. The molecule has 1 aliphatic heterocycles. The van der Waals surface area contributed by atoms with Crippen LogP contribution < -0.4 is 5.32 Å². The van der Waals surface area contributed by atoms with Gasteiger partial charge in [0.2, 0.25) is 0 Å². The van der Waals surface area contributed by atoms with Crippen molar-refractivity contribution in [1.82, 2.24) is 10.2 Å². The van der Waals surface area contributed by atoms with E-state index < -0.39 is 0 Å². The Morgan fingerprint density at radius 1 is 1.65 bits per heavy atom. The lowest BCUT2D eigenvalue weighted by atomic mass is 10.1.